The van der Waals surface area contributed by atoms with Gasteiger partial charge in [-0.3, -0.25) is 0 Å². The fourth-order valence-electron chi connectivity index (χ4n) is 1.64. The van der Waals surface area contributed by atoms with Crippen molar-refractivity contribution in [1.82, 2.24) is 10.3 Å². The first-order valence-electron chi connectivity index (χ1n) is 6.00. The number of halogens is 2. The van der Waals surface area contributed by atoms with Crippen LogP contribution in [0.3, 0.4) is 0 Å². The van der Waals surface area contributed by atoms with Crippen LogP contribution in [0.4, 0.5) is 4.39 Å². The lowest BCUT2D eigenvalue weighted by atomic mass is 10.1. The monoisotopic (exact) mass is 282 g/mol. The van der Waals surface area contributed by atoms with E-state index in [0.717, 1.165) is 0 Å². The number of oxazole rings is 1. The molecule has 0 aliphatic rings. The summed E-state index contributed by atoms with van der Waals surface area (Å²) in [6, 6.07) is 4.63. The third-order valence-corrected chi connectivity index (χ3v) is 3.01. The molecular weight excluding hydrogens is 267 g/mol. The summed E-state index contributed by atoms with van der Waals surface area (Å²) in [7, 11) is 0. The molecule has 19 heavy (non-hydrogen) atoms. The number of benzene rings is 1. The smallest absolute Gasteiger partial charge is 0.181 e. The van der Waals surface area contributed by atoms with E-state index in [1.165, 1.54) is 12.5 Å². The van der Waals surface area contributed by atoms with Crippen molar-refractivity contribution >= 4 is 11.6 Å². The van der Waals surface area contributed by atoms with Gasteiger partial charge in [-0.05, 0) is 32.9 Å². The molecule has 1 aromatic heterocycles. The van der Waals surface area contributed by atoms with E-state index in [0.29, 0.717) is 23.6 Å². The molecule has 5 heteroatoms. The van der Waals surface area contributed by atoms with Crippen molar-refractivity contribution in [2.24, 2.45) is 0 Å². The molecule has 1 N–H and O–H groups in total. The Kier molecular flexibility index (Phi) is 3.92. The number of hydrogen-bond acceptors (Lipinski definition) is 3. The van der Waals surface area contributed by atoms with Crippen LogP contribution in [-0.4, -0.2) is 10.5 Å². The molecule has 0 radical (unpaired) electrons. The van der Waals surface area contributed by atoms with Crippen molar-refractivity contribution < 1.29 is 8.81 Å². The number of aromatic nitrogens is 1. The van der Waals surface area contributed by atoms with Gasteiger partial charge in [0.2, 0.25) is 0 Å². The SMILES string of the molecule is CC(C)(C)NCc1ncoc1-c1cccc(F)c1Cl. The topological polar surface area (TPSA) is 38.1 Å². The van der Waals surface area contributed by atoms with Gasteiger partial charge in [-0.25, -0.2) is 9.37 Å². The van der Waals surface area contributed by atoms with Crippen molar-refractivity contribution in [3.05, 3.63) is 41.1 Å². The van der Waals surface area contributed by atoms with E-state index < -0.39 is 5.82 Å². The minimum absolute atomic E-state index is 0.0397. The minimum Gasteiger partial charge on any atom is -0.443 e. The Morgan fingerprint density at radius 2 is 2.11 bits per heavy atom. The van der Waals surface area contributed by atoms with Gasteiger partial charge in [0.15, 0.2) is 12.2 Å². The first kappa shape index (κ1) is 14.0. The van der Waals surface area contributed by atoms with Crippen molar-refractivity contribution in [3.63, 3.8) is 0 Å². The Morgan fingerprint density at radius 3 is 2.79 bits per heavy atom. The predicted octanol–water partition coefficient (Wildman–Crippen LogP) is 4.02. The third-order valence-electron chi connectivity index (χ3n) is 2.62. The van der Waals surface area contributed by atoms with Gasteiger partial charge in [-0.15, -0.1) is 0 Å². The van der Waals surface area contributed by atoms with Gasteiger partial charge in [-0.2, -0.15) is 0 Å². The highest BCUT2D eigenvalue weighted by atomic mass is 35.5. The number of rotatable bonds is 3. The highest BCUT2D eigenvalue weighted by molar-refractivity contribution is 6.33. The van der Waals surface area contributed by atoms with Crippen LogP contribution in [0.5, 0.6) is 0 Å². The summed E-state index contributed by atoms with van der Waals surface area (Å²) < 4.78 is 18.8. The van der Waals surface area contributed by atoms with Gasteiger partial charge >= 0.3 is 0 Å². The van der Waals surface area contributed by atoms with E-state index in [9.17, 15) is 4.39 Å². The molecule has 2 rings (SSSR count). The molecule has 0 spiro atoms. The Morgan fingerprint density at radius 1 is 1.37 bits per heavy atom. The maximum absolute atomic E-state index is 13.5. The Hall–Kier alpha value is -1.39. The molecule has 3 nitrogen and oxygen atoms in total. The van der Waals surface area contributed by atoms with E-state index in [2.05, 4.69) is 31.1 Å². The van der Waals surface area contributed by atoms with Crippen molar-refractivity contribution in [1.29, 1.82) is 0 Å². The zero-order valence-corrected chi connectivity index (χ0v) is 11.9. The molecule has 0 aliphatic carbocycles. The molecule has 0 saturated carbocycles. The van der Waals surface area contributed by atoms with Gasteiger partial charge in [0, 0.05) is 17.6 Å². The second-order valence-electron chi connectivity index (χ2n) is 5.33. The summed E-state index contributed by atoms with van der Waals surface area (Å²) in [6.07, 6.45) is 1.34. The van der Waals surface area contributed by atoms with Crippen LogP contribution in [0.25, 0.3) is 11.3 Å². The summed E-state index contributed by atoms with van der Waals surface area (Å²) >= 11 is 5.96. The maximum Gasteiger partial charge on any atom is 0.181 e. The lowest BCUT2D eigenvalue weighted by molar-refractivity contribution is 0.421. The fourth-order valence-corrected chi connectivity index (χ4v) is 1.85. The maximum atomic E-state index is 13.5. The number of nitrogens with one attached hydrogen (secondary N) is 1. The number of nitrogens with zero attached hydrogens (tertiary/aromatic N) is 1. The lowest BCUT2D eigenvalue weighted by Crippen LogP contribution is -2.35. The molecule has 0 unspecified atom stereocenters. The minimum atomic E-state index is -0.467. The van der Waals surface area contributed by atoms with Crippen LogP contribution in [0.2, 0.25) is 5.02 Å². The molecule has 1 aromatic carbocycles. The van der Waals surface area contributed by atoms with Gasteiger partial charge in [-0.1, -0.05) is 17.7 Å². The molecule has 1 heterocycles. The molecule has 0 aliphatic heterocycles. The fraction of sp³-hybridized carbons (Fsp3) is 0.357. The zero-order valence-electron chi connectivity index (χ0n) is 11.1. The first-order chi connectivity index (χ1) is 8.88. The average Bonchev–Trinajstić information content (AvgIpc) is 2.77. The van der Waals surface area contributed by atoms with Crippen LogP contribution >= 0.6 is 11.6 Å². The van der Waals surface area contributed by atoms with E-state index in [1.807, 2.05) is 0 Å². The van der Waals surface area contributed by atoms with Crippen LogP contribution in [0.1, 0.15) is 26.5 Å². The zero-order chi connectivity index (χ0) is 14.0. The molecule has 0 atom stereocenters. The van der Waals surface area contributed by atoms with Gasteiger partial charge in [0.05, 0.1) is 5.02 Å². The molecule has 0 amide bonds. The summed E-state index contributed by atoms with van der Waals surface area (Å²) in [5, 5.41) is 3.36. The van der Waals surface area contributed by atoms with Gasteiger partial charge < -0.3 is 9.73 Å². The molecule has 2 aromatic rings. The highest BCUT2D eigenvalue weighted by Crippen LogP contribution is 2.32. The van der Waals surface area contributed by atoms with Crippen LogP contribution in [0.15, 0.2) is 29.0 Å². The van der Waals surface area contributed by atoms with Crippen LogP contribution in [0, 0.1) is 5.82 Å². The summed E-state index contributed by atoms with van der Waals surface area (Å²) in [4.78, 5) is 4.16. The van der Waals surface area contributed by atoms with Gasteiger partial charge in [0.25, 0.3) is 0 Å². The average molecular weight is 283 g/mol. The first-order valence-corrected chi connectivity index (χ1v) is 6.38. The quantitative estimate of drug-likeness (QED) is 0.924. The van der Waals surface area contributed by atoms with Crippen LogP contribution < -0.4 is 5.32 Å². The molecule has 0 bridgehead atoms. The largest absolute Gasteiger partial charge is 0.443 e. The standard InChI is InChI=1S/C14H16ClFN2O/c1-14(2,3)18-7-11-13(19-8-17-11)9-5-4-6-10(16)12(9)15/h4-6,8,18H,7H2,1-3H3. The molecule has 0 saturated heterocycles. The molecule has 102 valence electrons. The lowest BCUT2D eigenvalue weighted by Gasteiger charge is -2.19. The van der Waals surface area contributed by atoms with E-state index >= 15 is 0 Å². The highest BCUT2D eigenvalue weighted by Gasteiger charge is 2.17. The summed E-state index contributed by atoms with van der Waals surface area (Å²) in [5.41, 5.74) is 1.19. The third kappa shape index (κ3) is 3.33. The van der Waals surface area contributed by atoms with E-state index in [-0.39, 0.29) is 10.6 Å². The summed E-state index contributed by atoms with van der Waals surface area (Å²) in [5.74, 6) is 0.0338. The van der Waals surface area contributed by atoms with Crippen molar-refractivity contribution in [2.75, 3.05) is 0 Å². The molecule has 0 fully saturated rings. The van der Waals surface area contributed by atoms with Gasteiger partial charge in [0.1, 0.15) is 11.5 Å². The Bertz CT molecular complexity index is 575. The Labute approximate surface area is 116 Å². The normalized spacial score (nSPS) is 11.8. The van der Waals surface area contributed by atoms with E-state index in [1.54, 1.807) is 12.1 Å². The molecular formula is C14H16ClFN2O. The Balaban J connectivity index is 2.31. The predicted molar refractivity (Wildman–Crippen MR) is 73.5 cm³/mol. The second kappa shape index (κ2) is 5.31. The van der Waals surface area contributed by atoms with Crippen molar-refractivity contribution in [2.45, 2.75) is 32.9 Å². The van der Waals surface area contributed by atoms with E-state index in [4.69, 9.17) is 16.0 Å². The number of hydrogen-bond donors (Lipinski definition) is 1. The van der Waals surface area contributed by atoms with Crippen molar-refractivity contribution in [3.8, 4) is 11.3 Å². The summed E-state index contributed by atoms with van der Waals surface area (Å²) in [6.45, 7) is 6.70. The second-order valence-corrected chi connectivity index (χ2v) is 5.71. The van der Waals surface area contributed by atoms with Crippen LogP contribution in [-0.2, 0) is 6.54 Å².